The lowest BCUT2D eigenvalue weighted by atomic mass is 10.1. The van der Waals surface area contributed by atoms with Gasteiger partial charge in [0.2, 0.25) is 0 Å². The first-order chi connectivity index (χ1) is 10.5. The Hall–Kier alpha value is -1.94. The predicted octanol–water partition coefficient (Wildman–Crippen LogP) is 4.68. The first kappa shape index (κ1) is 16.4. The van der Waals surface area contributed by atoms with E-state index in [4.69, 9.17) is 4.74 Å². The minimum Gasteiger partial charge on any atom is -0.494 e. The second-order valence-corrected chi connectivity index (χ2v) is 5.93. The lowest BCUT2D eigenvalue weighted by Crippen LogP contribution is -2.13. The van der Waals surface area contributed by atoms with Crippen LogP contribution >= 0.6 is 11.8 Å². The molecule has 2 aromatic rings. The molecule has 1 amide bonds. The summed E-state index contributed by atoms with van der Waals surface area (Å²) in [6.45, 7) is 6.51. The molecule has 2 aromatic carbocycles. The average Bonchev–Trinajstić information content (AvgIpc) is 2.50. The Morgan fingerprint density at radius 1 is 1.14 bits per heavy atom. The second-order valence-electron chi connectivity index (χ2n) is 5.05. The van der Waals surface area contributed by atoms with Gasteiger partial charge in [0.1, 0.15) is 5.75 Å². The Bertz CT molecular complexity index is 683. The fraction of sp³-hybridized carbons (Fsp3) is 0.278. The van der Waals surface area contributed by atoms with Gasteiger partial charge in [-0.15, -0.1) is 11.8 Å². The molecule has 1 N–H and O–H groups in total. The molecular formula is C18H21NO2S. The summed E-state index contributed by atoms with van der Waals surface area (Å²) in [6, 6.07) is 11.6. The number of carbonyl (C=O) groups is 1. The van der Waals surface area contributed by atoms with Crippen molar-refractivity contribution >= 4 is 23.4 Å². The van der Waals surface area contributed by atoms with E-state index in [2.05, 4.69) is 5.32 Å². The van der Waals surface area contributed by atoms with E-state index in [0.29, 0.717) is 12.2 Å². The second kappa shape index (κ2) is 7.36. The summed E-state index contributed by atoms with van der Waals surface area (Å²) < 4.78 is 5.52. The normalized spacial score (nSPS) is 10.4. The maximum Gasteiger partial charge on any atom is 0.255 e. The lowest BCUT2D eigenvalue weighted by molar-refractivity contribution is 0.102. The molecule has 4 heteroatoms. The van der Waals surface area contributed by atoms with Crippen LogP contribution in [0.5, 0.6) is 5.75 Å². The summed E-state index contributed by atoms with van der Waals surface area (Å²) in [4.78, 5) is 13.6. The highest BCUT2D eigenvalue weighted by Crippen LogP contribution is 2.24. The molecule has 0 aromatic heterocycles. The van der Waals surface area contributed by atoms with E-state index in [-0.39, 0.29) is 5.91 Å². The van der Waals surface area contributed by atoms with Gasteiger partial charge in [-0.05, 0) is 68.5 Å². The Morgan fingerprint density at radius 3 is 2.55 bits per heavy atom. The largest absolute Gasteiger partial charge is 0.494 e. The molecule has 0 unspecified atom stereocenters. The number of carbonyl (C=O) groups excluding carboxylic acids is 1. The number of hydrogen-bond donors (Lipinski definition) is 1. The third kappa shape index (κ3) is 3.83. The lowest BCUT2D eigenvalue weighted by Gasteiger charge is -2.12. The van der Waals surface area contributed by atoms with Crippen molar-refractivity contribution in [1.82, 2.24) is 0 Å². The molecule has 0 saturated heterocycles. The van der Waals surface area contributed by atoms with Gasteiger partial charge in [0.15, 0.2) is 0 Å². The molecule has 0 spiro atoms. The number of thioether (sulfide) groups is 1. The third-order valence-corrected chi connectivity index (χ3v) is 4.15. The number of rotatable bonds is 5. The Balaban J connectivity index is 2.20. The smallest absolute Gasteiger partial charge is 0.255 e. The van der Waals surface area contributed by atoms with Crippen molar-refractivity contribution < 1.29 is 9.53 Å². The highest BCUT2D eigenvalue weighted by Gasteiger charge is 2.11. The molecule has 0 radical (unpaired) electrons. The van der Waals surface area contributed by atoms with Crippen molar-refractivity contribution in [2.45, 2.75) is 25.7 Å². The van der Waals surface area contributed by atoms with Gasteiger partial charge in [-0.1, -0.05) is 6.07 Å². The first-order valence-corrected chi connectivity index (χ1v) is 8.47. The standard InChI is InChI=1S/C18H21NO2S/c1-5-21-17-9-7-14(10-13(17)3)19-18(20)16-11-15(22-4)8-6-12(16)2/h6-11H,5H2,1-4H3,(H,19,20). The summed E-state index contributed by atoms with van der Waals surface area (Å²) in [7, 11) is 0. The van der Waals surface area contributed by atoms with Crippen LogP contribution < -0.4 is 10.1 Å². The number of hydrogen-bond acceptors (Lipinski definition) is 3. The SMILES string of the molecule is CCOc1ccc(NC(=O)c2cc(SC)ccc2C)cc1C. The minimum atomic E-state index is -0.0861. The summed E-state index contributed by atoms with van der Waals surface area (Å²) in [5, 5.41) is 2.96. The van der Waals surface area contributed by atoms with Gasteiger partial charge in [-0.3, -0.25) is 4.79 Å². The maximum absolute atomic E-state index is 12.5. The van der Waals surface area contributed by atoms with Gasteiger partial charge >= 0.3 is 0 Å². The summed E-state index contributed by atoms with van der Waals surface area (Å²) in [5.41, 5.74) is 3.46. The number of aryl methyl sites for hydroxylation is 2. The zero-order valence-electron chi connectivity index (χ0n) is 13.4. The number of ether oxygens (including phenoxy) is 1. The maximum atomic E-state index is 12.5. The van der Waals surface area contributed by atoms with Gasteiger partial charge in [-0.25, -0.2) is 0 Å². The molecule has 3 nitrogen and oxygen atoms in total. The minimum absolute atomic E-state index is 0.0861. The molecule has 116 valence electrons. The Morgan fingerprint density at radius 2 is 1.91 bits per heavy atom. The molecule has 0 atom stereocenters. The summed E-state index contributed by atoms with van der Waals surface area (Å²) in [5.74, 6) is 0.762. The monoisotopic (exact) mass is 315 g/mol. The van der Waals surface area contributed by atoms with Gasteiger partial charge in [-0.2, -0.15) is 0 Å². The third-order valence-electron chi connectivity index (χ3n) is 3.42. The van der Waals surface area contributed by atoms with Crippen LogP contribution in [-0.2, 0) is 0 Å². The van der Waals surface area contributed by atoms with Crippen molar-refractivity contribution in [1.29, 1.82) is 0 Å². The van der Waals surface area contributed by atoms with Crippen molar-refractivity contribution in [2.75, 3.05) is 18.2 Å². The molecule has 2 rings (SSSR count). The van der Waals surface area contributed by atoms with Crippen molar-refractivity contribution in [3.63, 3.8) is 0 Å². The average molecular weight is 315 g/mol. The van der Waals surface area contributed by atoms with E-state index in [1.54, 1.807) is 11.8 Å². The van der Waals surface area contributed by atoms with E-state index in [1.165, 1.54) is 0 Å². The van der Waals surface area contributed by atoms with Gasteiger partial charge in [0.05, 0.1) is 6.61 Å². The van der Waals surface area contributed by atoms with Crippen LogP contribution in [0.3, 0.4) is 0 Å². The molecule has 0 aliphatic carbocycles. The Kier molecular flexibility index (Phi) is 5.50. The first-order valence-electron chi connectivity index (χ1n) is 7.24. The van der Waals surface area contributed by atoms with Crippen LogP contribution in [0.1, 0.15) is 28.4 Å². The van der Waals surface area contributed by atoms with Crippen LogP contribution in [-0.4, -0.2) is 18.8 Å². The van der Waals surface area contributed by atoms with Crippen LogP contribution in [0.25, 0.3) is 0 Å². The molecule has 0 heterocycles. The fourth-order valence-corrected chi connectivity index (χ4v) is 2.66. The van der Waals surface area contributed by atoms with E-state index in [0.717, 1.165) is 27.5 Å². The zero-order chi connectivity index (χ0) is 16.1. The number of benzene rings is 2. The number of anilines is 1. The van der Waals surface area contributed by atoms with E-state index >= 15 is 0 Å². The highest BCUT2D eigenvalue weighted by molar-refractivity contribution is 7.98. The molecule has 0 fully saturated rings. The molecule has 22 heavy (non-hydrogen) atoms. The fourth-order valence-electron chi connectivity index (χ4n) is 2.22. The number of amides is 1. The van der Waals surface area contributed by atoms with Crippen LogP contribution in [0.4, 0.5) is 5.69 Å². The Labute approximate surface area is 136 Å². The highest BCUT2D eigenvalue weighted by atomic mass is 32.2. The van der Waals surface area contributed by atoms with Crippen LogP contribution in [0.2, 0.25) is 0 Å². The van der Waals surface area contributed by atoms with E-state index < -0.39 is 0 Å². The zero-order valence-corrected chi connectivity index (χ0v) is 14.2. The molecule has 0 aliphatic rings. The van der Waals surface area contributed by atoms with Crippen molar-refractivity contribution in [3.8, 4) is 5.75 Å². The summed E-state index contributed by atoms with van der Waals surface area (Å²) >= 11 is 1.63. The molecule has 0 saturated carbocycles. The topological polar surface area (TPSA) is 38.3 Å². The van der Waals surface area contributed by atoms with Gasteiger partial charge in [0, 0.05) is 16.1 Å². The quantitative estimate of drug-likeness (QED) is 0.814. The van der Waals surface area contributed by atoms with Crippen LogP contribution in [0, 0.1) is 13.8 Å². The van der Waals surface area contributed by atoms with E-state index in [9.17, 15) is 4.79 Å². The number of nitrogens with one attached hydrogen (secondary N) is 1. The summed E-state index contributed by atoms with van der Waals surface area (Å²) in [6.07, 6.45) is 2.00. The molecular weight excluding hydrogens is 294 g/mol. The molecule has 0 bridgehead atoms. The van der Waals surface area contributed by atoms with E-state index in [1.807, 2.05) is 63.4 Å². The van der Waals surface area contributed by atoms with Gasteiger partial charge < -0.3 is 10.1 Å². The van der Waals surface area contributed by atoms with Gasteiger partial charge in [0.25, 0.3) is 5.91 Å². The van der Waals surface area contributed by atoms with Crippen molar-refractivity contribution in [3.05, 3.63) is 53.1 Å². The van der Waals surface area contributed by atoms with Crippen LogP contribution in [0.15, 0.2) is 41.3 Å². The predicted molar refractivity (Wildman–Crippen MR) is 93.3 cm³/mol. The van der Waals surface area contributed by atoms with Crippen molar-refractivity contribution in [2.24, 2.45) is 0 Å². The molecule has 0 aliphatic heterocycles.